The van der Waals surface area contributed by atoms with Gasteiger partial charge in [-0.1, -0.05) is 37.6 Å². The van der Waals surface area contributed by atoms with Crippen LogP contribution in [0.3, 0.4) is 0 Å². The van der Waals surface area contributed by atoms with E-state index in [1.54, 1.807) is 6.07 Å². The van der Waals surface area contributed by atoms with Gasteiger partial charge in [-0.25, -0.2) is 0 Å². The normalized spacial score (nSPS) is 24.4. The molecule has 1 aliphatic heterocycles. The molecule has 2 atom stereocenters. The van der Waals surface area contributed by atoms with Crippen LogP contribution in [0.5, 0.6) is 0 Å². The van der Waals surface area contributed by atoms with Crippen LogP contribution in [0.2, 0.25) is 5.02 Å². The minimum Gasteiger partial charge on any atom is -0.384 e. The number of hydrogen-bond acceptors (Lipinski definition) is 3. The van der Waals surface area contributed by atoms with E-state index in [-0.39, 0.29) is 5.84 Å². The lowest BCUT2D eigenvalue weighted by atomic mass is 10.1. The van der Waals surface area contributed by atoms with Crippen LogP contribution in [-0.2, 0) is 6.54 Å². The second kappa shape index (κ2) is 6.16. The van der Waals surface area contributed by atoms with Crippen molar-refractivity contribution in [2.45, 2.75) is 30.9 Å². The molecule has 1 saturated heterocycles. The zero-order chi connectivity index (χ0) is 14.0. The summed E-state index contributed by atoms with van der Waals surface area (Å²) in [6.07, 6.45) is 0. The molecule has 1 aliphatic rings. The third-order valence-electron chi connectivity index (χ3n) is 3.25. The van der Waals surface area contributed by atoms with E-state index in [0.717, 1.165) is 25.2 Å². The molecule has 1 heterocycles. The highest BCUT2D eigenvalue weighted by Crippen LogP contribution is 2.27. The summed E-state index contributed by atoms with van der Waals surface area (Å²) >= 11 is 8.33. The van der Waals surface area contributed by atoms with Gasteiger partial charge in [0.25, 0.3) is 0 Å². The highest BCUT2D eigenvalue weighted by molar-refractivity contribution is 8.00. The maximum absolute atomic E-state index is 7.41. The zero-order valence-electron chi connectivity index (χ0n) is 11.3. The molecule has 3 N–H and O–H groups in total. The summed E-state index contributed by atoms with van der Waals surface area (Å²) in [4.78, 5) is 2.44. The first-order chi connectivity index (χ1) is 8.95. The van der Waals surface area contributed by atoms with Gasteiger partial charge < -0.3 is 5.73 Å². The molecular formula is C14H20ClN3S. The summed E-state index contributed by atoms with van der Waals surface area (Å²) in [6, 6.07) is 5.63. The molecule has 0 aliphatic carbocycles. The molecule has 3 nitrogen and oxygen atoms in total. The number of hydrogen-bond donors (Lipinski definition) is 2. The monoisotopic (exact) mass is 297 g/mol. The van der Waals surface area contributed by atoms with E-state index in [2.05, 4.69) is 18.7 Å². The smallest absolute Gasteiger partial charge is 0.122 e. The maximum Gasteiger partial charge on any atom is 0.122 e. The second-order valence-electron chi connectivity index (χ2n) is 5.17. The van der Waals surface area contributed by atoms with E-state index in [1.165, 1.54) is 0 Å². The van der Waals surface area contributed by atoms with Gasteiger partial charge in [-0.05, 0) is 11.6 Å². The molecule has 1 aromatic carbocycles. The Hall–Kier alpha value is -0.710. The summed E-state index contributed by atoms with van der Waals surface area (Å²) in [5.41, 5.74) is 7.26. The summed E-state index contributed by atoms with van der Waals surface area (Å²) in [5, 5.41) is 9.45. The Morgan fingerprint density at radius 3 is 2.58 bits per heavy atom. The van der Waals surface area contributed by atoms with Crippen LogP contribution in [0.4, 0.5) is 0 Å². The Morgan fingerprint density at radius 1 is 1.42 bits per heavy atom. The third-order valence-corrected chi connectivity index (χ3v) is 4.83. The van der Waals surface area contributed by atoms with Crippen molar-refractivity contribution in [3.8, 4) is 0 Å². The van der Waals surface area contributed by atoms with Gasteiger partial charge in [-0.3, -0.25) is 10.3 Å². The number of amidine groups is 1. The number of thioether (sulfide) groups is 1. The van der Waals surface area contributed by atoms with Crippen LogP contribution < -0.4 is 5.73 Å². The van der Waals surface area contributed by atoms with E-state index in [9.17, 15) is 0 Å². The van der Waals surface area contributed by atoms with Crippen LogP contribution in [-0.4, -0.2) is 34.3 Å². The molecule has 5 heteroatoms. The summed E-state index contributed by atoms with van der Waals surface area (Å²) in [5.74, 6) is 0.0602. The fourth-order valence-corrected chi connectivity index (χ4v) is 4.12. The number of nitrogens with two attached hydrogens (primary N) is 1. The summed E-state index contributed by atoms with van der Waals surface area (Å²) in [7, 11) is 0. The number of nitrogens with one attached hydrogen (secondary N) is 1. The topological polar surface area (TPSA) is 53.1 Å². The van der Waals surface area contributed by atoms with E-state index < -0.39 is 0 Å². The molecule has 0 spiro atoms. The molecule has 0 amide bonds. The number of nitrogens with zero attached hydrogens (tertiary/aromatic N) is 1. The van der Waals surface area contributed by atoms with Gasteiger partial charge in [-0.2, -0.15) is 11.8 Å². The highest BCUT2D eigenvalue weighted by atomic mass is 35.5. The van der Waals surface area contributed by atoms with Crippen LogP contribution in [0, 0.1) is 5.41 Å². The quantitative estimate of drug-likeness (QED) is 0.666. The van der Waals surface area contributed by atoms with Gasteiger partial charge in [-0.15, -0.1) is 0 Å². The van der Waals surface area contributed by atoms with E-state index in [1.807, 2.05) is 23.9 Å². The van der Waals surface area contributed by atoms with Crippen molar-refractivity contribution < 1.29 is 0 Å². The first-order valence-corrected chi connectivity index (χ1v) is 7.78. The van der Waals surface area contributed by atoms with Crippen molar-refractivity contribution in [2.24, 2.45) is 5.73 Å². The van der Waals surface area contributed by atoms with Crippen LogP contribution in [0.15, 0.2) is 18.2 Å². The van der Waals surface area contributed by atoms with E-state index in [0.29, 0.717) is 21.1 Å². The lowest BCUT2D eigenvalue weighted by Crippen LogP contribution is -2.39. The molecule has 0 bridgehead atoms. The Labute approximate surface area is 124 Å². The third kappa shape index (κ3) is 3.88. The van der Waals surface area contributed by atoms with Crippen LogP contribution in [0.25, 0.3) is 0 Å². The largest absolute Gasteiger partial charge is 0.384 e. The first-order valence-electron chi connectivity index (χ1n) is 6.46. The SMILES string of the molecule is CC1CN(Cc2ccc(C(=N)N)cc2Cl)CC(C)S1. The van der Waals surface area contributed by atoms with Gasteiger partial charge in [0.05, 0.1) is 0 Å². The van der Waals surface area contributed by atoms with Gasteiger partial charge in [0.15, 0.2) is 0 Å². The summed E-state index contributed by atoms with van der Waals surface area (Å²) in [6.45, 7) is 7.60. The minimum absolute atomic E-state index is 0.0602. The lowest BCUT2D eigenvalue weighted by molar-refractivity contribution is 0.263. The van der Waals surface area contributed by atoms with Crippen molar-refractivity contribution in [3.63, 3.8) is 0 Å². The minimum atomic E-state index is 0.0602. The number of rotatable bonds is 3. The molecule has 1 fully saturated rings. The molecule has 104 valence electrons. The Balaban J connectivity index is 2.08. The molecule has 0 saturated carbocycles. The molecule has 1 aromatic rings. The van der Waals surface area contributed by atoms with E-state index in [4.69, 9.17) is 22.7 Å². The predicted octanol–water partition coefficient (Wildman–Crippen LogP) is 2.95. The standard InChI is InChI=1S/C14H20ClN3S/c1-9-6-18(7-10(2)19-9)8-12-4-3-11(14(16)17)5-13(12)15/h3-5,9-10H,6-8H2,1-2H3,(H3,16,17). The van der Waals surface area contributed by atoms with Gasteiger partial charge in [0, 0.05) is 40.7 Å². The van der Waals surface area contributed by atoms with Crippen molar-refractivity contribution in [3.05, 3.63) is 34.3 Å². The molecule has 0 aromatic heterocycles. The first kappa shape index (κ1) is 14.7. The second-order valence-corrected chi connectivity index (χ2v) is 7.46. The predicted molar refractivity (Wildman–Crippen MR) is 84.3 cm³/mol. The molecule has 19 heavy (non-hydrogen) atoms. The van der Waals surface area contributed by atoms with Gasteiger partial charge in [0.2, 0.25) is 0 Å². The molecule has 2 rings (SSSR count). The van der Waals surface area contributed by atoms with Crippen molar-refractivity contribution in [2.75, 3.05) is 13.1 Å². The van der Waals surface area contributed by atoms with Crippen molar-refractivity contribution in [1.82, 2.24) is 4.90 Å². The highest BCUT2D eigenvalue weighted by Gasteiger charge is 2.22. The molecular weight excluding hydrogens is 278 g/mol. The Kier molecular flexibility index (Phi) is 4.76. The molecule has 0 radical (unpaired) electrons. The Bertz CT molecular complexity index is 468. The number of halogens is 1. The van der Waals surface area contributed by atoms with Crippen molar-refractivity contribution >= 4 is 29.2 Å². The van der Waals surface area contributed by atoms with Crippen molar-refractivity contribution in [1.29, 1.82) is 5.41 Å². The number of nitrogen functional groups attached to an aromatic ring is 1. The Morgan fingerprint density at radius 2 is 2.05 bits per heavy atom. The van der Waals surface area contributed by atoms with Gasteiger partial charge in [0.1, 0.15) is 5.84 Å². The lowest BCUT2D eigenvalue weighted by Gasteiger charge is -2.34. The summed E-state index contributed by atoms with van der Waals surface area (Å²) < 4.78 is 0. The fraction of sp³-hybridized carbons (Fsp3) is 0.500. The molecule has 2 unspecified atom stereocenters. The van der Waals surface area contributed by atoms with Crippen LogP contribution in [0.1, 0.15) is 25.0 Å². The zero-order valence-corrected chi connectivity index (χ0v) is 12.9. The average molecular weight is 298 g/mol. The fourth-order valence-electron chi connectivity index (χ4n) is 2.50. The van der Waals surface area contributed by atoms with E-state index >= 15 is 0 Å². The maximum atomic E-state index is 7.41. The number of benzene rings is 1. The van der Waals surface area contributed by atoms with Crippen LogP contribution >= 0.6 is 23.4 Å². The average Bonchev–Trinajstić information content (AvgIpc) is 2.30. The van der Waals surface area contributed by atoms with Gasteiger partial charge >= 0.3 is 0 Å².